The fourth-order valence-corrected chi connectivity index (χ4v) is 2.80. The van der Waals surface area contributed by atoms with Crippen LogP contribution < -0.4 is 0 Å². The second-order valence-electron chi connectivity index (χ2n) is 5.68. The lowest BCUT2D eigenvalue weighted by Crippen LogP contribution is -2.27. The van der Waals surface area contributed by atoms with E-state index in [-0.39, 0.29) is 17.9 Å². The number of fused-ring (bicyclic) bond motifs is 1. The summed E-state index contributed by atoms with van der Waals surface area (Å²) in [4.78, 5) is 18.1. The third kappa shape index (κ3) is 3.21. The van der Waals surface area contributed by atoms with Gasteiger partial charge in [0, 0.05) is 25.0 Å². The molecule has 1 amide bonds. The highest BCUT2D eigenvalue weighted by Crippen LogP contribution is 2.32. The van der Waals surface area contributed by atoms with Crippen LogP contribution >= 0.6 is 0 Å². The van der Waals surface area contributed by atoms with Crippen LogP contribution in [0.1, 0.15) is 27.9 Å². The minimum absolute atomic E-state index is 0.00950. The molecule has 0 aliphatic carbocycles. The van der Waals surface area contributed by atoms with Gasteiger partial charge in [-0.15, -0.1) is 0 Å². The second kappa shape index (κ2) is 5.68. The Balaban J connectivity index is 1.77. The third-order valence-corrected chi connectivity index (χ3v) is 3.96. The predicted molar refractivity (Wildman–Crippen MR) is 78.4 cm³/mol. The van der Waals surface area contributed by atoms with Crippen LogP contribution in [-0.2, 0) is 30.5 Å². The van der Waals surface area contributed by atoms with Gasteiger partial charge < -0.3 is 4.90 Å². The van der Waals surface area contributed by atoms with Crippen LogP contribution in [0.2, 0.25) is 0 Å². The average molecular weight is 320 g/mol. The van der Waals surface area contributed by atoms with E-state index in [2.05, 4.69) is 4.98 Å². The molecule has 0 fully saturated rings. The molecule has 0 saturated heterocycles. The number of aryl methyl sites for hydroxylation is 1. The minimum Gasteiger partial charge on any atom is -0.334 e. The highest BCUT2D eigenvalue weighted by molar-refractivity contribution is 5.80. The first-order valence-corrected chi connectivity index (χ1v) is 7.22. The molecule has 0 saturated carbocycles. The van der Waals surface area contributed by atoms with Gasteiger partial charge in [-0.2, -0.15) is 13.2 Å². The summed E-state index contributed by atoms with van der Waals surface area (Å²) in [7, 11) is 0. The molecule has 120 valence electrons. The molecule has 0 bridgehead atoms. The fourth-order valence-electron chi connectivity index (χ4n) is 2.80. The quantitative estimate of drug-likeness (QED) is 0.848. The van der Waals surface area contributed by atoms with Gasteiger partial charge in [-0.1, -0.05) is 18.2 Å². The summed E-state index contributed by atoms with van der Waals surface area (Å²) in [5.74, 6) is -0.310. The van der Waals surface area contributed by atoms with Crippen molar-refractivity contribution in [2.75, 3.05) is 0 Å². The number of carbonyl (C=O) groups excluding carboxylic acids is 1. The maximum atomic E-state index is 13.0. The van der Waals surface area contributed by atoms with Crippen molar-refractivity contribution in [1.29, 1.82) is 0 Å². The summed E-state index contributed by atoms with van der Waals surface area (Å²) in [6, 6.07) is 7.12. The highest BCUT2D eigenvalue weighted by Gasteiger charge is 2.34. The standard InChI is InChI=1S/C17H15F3N2O/c1-11-6-13-9-22(10-14(13)8-21-11)16(23)7-12-4-2-3-5-15(12)17(18,19)20/h2-6,8H,7,9-10H2,1H3. The maximum absolute atomic E-state index is 13.0. The fraction of sp³-hybridized carbons (Fsp3) is 0.294. The highest BCUT2D eigenvalue weighted by atomic mass is 19.4. The number of rotatable bonds is 2. The Morgan fingerprint density at radius 2 is 1.91 bits per heavy atom. The second-order valence-corrected chi connectivity index (χ2v) is 5.68. The molecule has 0 spiro atoms. The number of halogens is 3. The summed E-state index contributed by atoms with van der Waals surface area (Å²) in [5.41, 5.74) is 2.08. The van der Waals surface area contributed by atoms with Gasteiger partial charge in [0.2, 0.25) is 5.91 Å². The predicted octanol–water partition coefficient (Wildman–Crippen LogP) is 3.49. The lowest BCUT2D eigenvalue weighted by molar-refractivity contribution is -0.138. The molecule has 2 aromatic rings. The smallest absolute Gasteiger partial charge is 0.334 e. The summed E-state index contributed by atoms with van der Waals surface area (Å²) in [6.45, 7) is 2.69. The van der Waals surface area contributed by atoms with Crippen LogP contribution in [0.5, 0.6) is 0 Å². The van der Waals surface area contributed by atoms with E-state index in [1.54, 1.807) is 11.1 Å². The van der Waals surface area contributed by atoms with Crippen LogP contribution in [0.4, 0.5) is 13.2 Å². The van der Waals surface area contributed by atoms with Crippen molar-refractivity contribution in [2.24, 2.45) is 0 Å². The molecule has 1 aromatic carbocycles. The van der Waals surface area contributed by atoms with Gasteiger partial charge in [0.05, 0.1) is 12.0 Å². The third-order valence-electron chi connectivity index (χ3n) is 3.96. The van der Waals surface area contributed by atoms with Crippen LogP contribution in [0.15, 0.2) is 36.5 Å². The van der Waals surface area contributed by atoms with Crippen molar-refractivity contribution in [3.8, 4) is 0 Å². The van der Waals surface area contributed by atoms with Crippen molar-refractivity contribution >= 4 is 5.91 Å². The molecule has 3 rings (SSSR count). The van der Waals surface area contributed by atoms with Crippen molar-refractivity contribution in [2.45, 2.75) is 32.6 Å². The maximum Gasteiger partial charge on any atom is 0.416 e. The molecule has 3 nitrogen and oxygen atoms in total. The van der Waals surface area contributed by atoms with Crippen molar-refractivity contribution in [3.05, 3.63) is 64.5 Å². The molecule has 0 radical (unpaired) electrons. The first-order chi connectivity index (χ1) is 10.8. The van der Waals surface area contributed by atoms with Crippen molar-refractivity contribution in [3.63, 3.8) is 0 Å². The van der Waals surface area contributed by atoms with E-state index in [0.717, 1.165) is 22.9 Å². The zero-order chi connectivity index (χ0) is 16.6. The molecule has 1 aliphatic heterocycles. The van der Waals surface area contributed by atoms with E-state index >= 15 is 0 Å². The average Bonchev–Trinajstić information content (AvgIpc) is 2.89. The molecule has 0 N–H and O–H groups in total. The van der Waals surface area contributed by atoms with E-state index in [9.17, 15) is 18.0 Å². The Morgan fingerprint density at radius 1 is 1.22 bits per heavy atom. The number of carbonyl (C=O) groups is 1. The molecular weight excluding hydrogens is 305 g/mol. The van der Waals surface area contributed by atoms with Crippen molar-refractivity contribution < 1.29 is 18.0 Å². The number of alkyl halides is 3. The largest absolute Gasteiger partial charge is 0.416 e. The van der Waals surface area contributed by atoms with Crippen LogP contribution in [0.25, 0.3) is 0 Å². The number of pyridine rings is 1. The SMILES string of the molecule is Cc1cc2c(cn1)CN(C(=O)Cc1ccccc1C(F)(F)F)C2. The molecule has 0 atom stereocenters. The summed E-state index contributed by atoms with van der Waals surface area (Å²) in [5, 5.41) is 0. The van der Waals surface area contributed by atoms with Gasteiger partial charge in [-0.3, -0.25) is 9.78 Å². The zero-order valence-electron chi connectivity index (χ0n) is 12.5. The number of amides is 1. The molecule has 6 heteroatoms. The summed E-state index contributed by atoms with van der Waals surface area (Å²) >= 11 is 0. The van der Waals surface area contributed by atoms with Gasteiger partial charge >= 0.3 is 6.18 Å². The van der Waals surface area contributed by atoms with E-state index in [1.807, 2.05) is 13.0 Å². The minimum atomic E-state index is -4.45. The Kier molecular flexibility index (Phi) is 3.83. The van der Waals surface area contributed by atoms with Gasteiger partial charge in [-0.25, -0.2) is 0 Å². The van der Waals surface area contributed by atoms with Crippen molar-refractivity contribution in [1.82, 2.24) is 9.88 Å². The Labute approximate surface area is 131 Å². The Morgan fingerprint density at radius 3 is 2.65 bits per heavy atom. The zero-order valence-corrected chi connectivity index (χ0v) is 12.5. The molecule has 2 heterocycles. The Bertz CT molecular complexity index is 756. The summed E-state index contributed by atoms with van der Waals surface area (Å²) < 4.78 is 39.0. The lowest BCUT2D eigenvalue weighted by Gasteiger charge is -2.17. The van der Waals surface area contributed by atoms with E-state index < -0.39 is 11.7 Å². The van der Waals surface area contributed by atoms with E-state index in [0.29, 0.717) is 13.1 Å². The van der Waals surface area contributed by atoms with E-state index in [4.69, 9.17) is 0 Å². The van der Waals surface area contributed by atoms with Crippen LogP contribution in [0.3, 0.4) is 0 Å². The van der Waals surface area contributed by atoms with Crippen LogP contribution in [-0.4, -0.2) is 15.8 Å². The topological polar surface area (TPSA) is 33.2 Å². The Hall–Kier alpha value is -2.37. The number of nitrogens with zero attached hydrogens (tertiary/aromatic N) is 2. The lowest BCUT2D eigenvalue weighted by atomic mass is 10.0. The molecular formula is C17H15F3N2O. The number of hydrogen-bond acceptors (Lipinski definition) is 2. The van der Waals surface area contributed by atoms with E-state index in [1.165, 1.54) is 18.2 Å². The normalized spacial score (nSPS) is 14.0. The van der Waals surface area contributed by atoms with Gasteiger partial charge in [0.15, 0.2) is 0 Å². The number of benzene rings is 1. The molecule has 1 aliphatic rings. The van der Waals surface area contributed by atoms with Gasteiger partial charge in [0.25, 0.3) is 0 Å². The molecule has 0 unspecified atom stereocenters. The van der Waals surface area contributed by atoms with Gasteiger partial charge in [-0.05, 0) is 35.7 Å². The monoisotopic (exact) mass is 320 g/mol. The first-order valence-electron chi connectivity index (χ1n) is 7.22. The summed E-state index contributed by atoms with van der Waals surface area (Å²) in [6.07, 6.45) is -2.98. The first kappa shape index (κ1) is 15.5. The number of hydrogen-bond donors (Lipinski definition) is 0. The molecule has 23 heavy (non-hydrogen) atoms. The van der Waals surface area contributed by atoms with Gasteiger partial charge in [0.1, 0.15) is 0 Å². The number of aromatic nitrogens is 1. The van der Waals surface area contributed by atoms with Crippen LogP contribution in [0, 0.1) is 6.92 Å². The molecule has 1 aromatic heterocycles.